The highest BCUT2D eigenvalue weighted by Gasteiger charge is 2.18. The van der Waals surface area contributed by atoms with Crippen LogP contribution in [0.5, 0.6) is 17.2 Å². The van der Waals surface area contributed by atoms with Crippen LogP contribution in [0, 0.1) is 0 Å². The number of benzene rings is 2. The number of thioether (sulfide) groups is 1. The van der Waals surface area contributed by atoms with Crippen molar-refractivity contribution in [1.29, 1.82) is 0 Å². The van der Waals surface area contributed by atoms with Gasteiger partial charge in [0.2, 0.25) is 17.5 Å². The highest BCUT2D eigenvalue weighted by Crippen LogP contribution is 2.41. The Bertz CT molecular complexity index is 1000. The molecule has 1 amide bonds. The molecule has 2 aromatic carbocycles. The third-order valence-corrected chi connectivity index (χ3v) is 5.56. The van der Waals surface area contributed by atoms with Gasteiger partial charge in [-0.25, -0.2) is 0 Å². The number of nitrogens with one attached hydrogen (secondary N) is 1. The molecule has 0 aliphatic rings. The van der Waals surface area contributed by atoms with E-state index >= 15 is 0 Å². The summed E-state index contributed by atoms with van der Waals surface area (Å²) in [7, 11) is 4.56. The standard InChI is InChI=1S/C21H22ClN3O5S/c1-27-16-11-13(12-17(28-2)19(16)29-3)20-24-25-21(30-20)23-18(26)5-4-10-31-15-8-6-14(22)7-9-15/h6-9,11-12H,4-5,10H2,1-3H3,(H,23,25,26). The smallest absolute Gasteiger partial charge is 0.322 e. The summed E-state index contributed by atoms with van der Waals surface area (Å²) in [6.45, 7) is 0. The number of carbonyl (C=O) groups excluding carboxylic acids is 1. The molecule has 10 heteroatoms. The molecule has 0 saturated heterocycles. The topological polar surface area (TPSA) is 95.7 Å². The molecule has 0 unspecified atom stereocenters. The van der Waals surface area contributed by atoms with Gasteiger partial charge in [-0.1, -0.05) is 16.7 Å². The zero-order chi connectivity index (χ0) is 22.2. The number of aromatic nitrogens is 2. The Morgan fingerprint density at radius 3 is 2.35 bits per heavy atom. The van der Waals surface area contributed by atoms with E-state index < -0.39 is 0 Å². The molecule has 31 heavy (non-hydrogen) atoms. The van der Waals surface area contributed by atoms with E-state index in [0.29, 0.717) is 40.7 Å². The van der Waals surface area contributed by atoms with Crippen LogP contribution in [0.15, 0.2) is 45.7 Å². The van der Waals surface area contributed by atoms with E-state index in [1.807, 2.05) is 24.3 Å². The van der Waals surface area contributed by atoms with E-state index in [0.717, 1.165) is 10.6 Å². The SMILES string of the molecule is COc1cc(-c2nnc(NC(=O)CCCSc3ccc(Cl)cc3)o2)cc(OC)c1OC. The lowest BCUT2D eigenvalue weighted by molar-refractivity contribution is -0.116. The molecule has 0 radical (unpaired) electrons. The van der Waals surface area contributed by atoms with E-state index in [1.54, 1.807) is 23.9 Å². The van der Waals surface area contributed by atoms with Crippen molar-refractivity contribution in [3.8, 4) is 28.7 Å². The fourth-order valence-corrected chi connectivity index (χ4v) is 3.71. The van der Waals surface area contributed by atoms with Gasteiger partial charge in [0, 0.05) is 21.9 Å². The highest BCUT2D eigenvalue weighted by atomic mass is 35.5. The van der Waals surface area contributed by atoms with Gasteiger partial charge in [0.25, 0.3) is 0 Å². The minimum Gasteiger partial charge on any atom is -0.493 e. The van der Waals surface area contributed by atoms with Crippen molar-refractivity contribution in [2.45, 2.75) is 17.7 Å². The number of ether oxygens (including phenoxy) is 3. The average molecular weight is 464 g/mol. The Labute approximate surface area is 189 Å². The van der Waals surface area contributed by atoms with Crippen molar-refractivity contribution in [3.05, 3.63) is 41.4 Å². The number of hydrogen-bond donors (Lipinski definition) is 1. The van der Waals surface area contributed by atoms with Crippen LogP contribution in [-0.4, -0.2) is 43.2 Å². The molecule has 1 N–H and O–H groups in total. The zero-order valence-electron chi connectivity index (χ0n) is 17.3. The van der Waals surface area contributed by atoms with Crippen molar-refractivity contribution in [1.82, 2.24) is 10.2 Å². The van der Waals surface area contributed by atoms with Crippen LogP contribution in [-0.2, 0) is 4.79 Å². The first-order valence-electron chi connectivity index (χ1n) is 9.36. The molecule has 0 atom stereocenters. The first-order valence-corrected chi connectivity index (χ1v) is 10.7. The number of carbonyl (C=O) groups is 1. The van der Waals surface area contributed by atoms with E-state index in [2.05, 4.69) is 15.5 Å². The molecule has 0 aliphatic heterocycles. The first kappa shape index (κ1) is 22.8. The Balaban J connectivity index is 1.56. The molecule has 3 aromatic rings. The maximum Gasteiger partial charge on any atom is 0.322 e. The summed E-state index contributed by atoms with van der Waals surface area (Å²) in [5.74, 6) is 2.19. The molecular weight excluding hydrogens is 442 g/mol. The van der Waals surface area contributed by atoms with Gasteiger partial charge in [-0.3, -0.25) is 10.1 Å². The summed E-state index contributed by atoms with van der Waals surface area (Å²) in [5.41, 5.74) is 0.571. The molecule has 1 heterocycles. The van der Waals surface area contributed by atoms with Gasteiger partial charge in [0.1, 0.15) is 0 Å². The molecule has 0 bridgehead atoms. The number of rotatable bonds is 10. The monoisotopic (exact) mass is 463 g/mol. The summed E-state index contributed by atoms with van der Waals surface area (Å²) in [4.78, 5) is 13.3. The summed E-state index contributed by atoms with van der Waals surface area (Å²) < 4.78 is 21.5. The number of methoxy groups -OCH3 is 3. The third kappa shape index (κ3) is 6.05. The predicted molar refractivity (Wildman–Crippen MR) is 119 cm³/mol. The van der Waals surface area contributed by atoms with Gasteiger partial charge in [-0.05, 0) is 48.6 Å². The number of anilines is 1. The molecule has 0 spiro atoms. The van der Waals surface area contributed by atoms with Gasteiger partial charge < -0.3 is 18.6 Å². The van der Waals surface area contributed by atoms with E-state index in [4.69, 9.17) is 30.2 Å². The Morgan fingerprint density at radius 1 is 1.06 bits per heavy atom. The first-order chi connectivity index (χ1) is 15.0. The lowest BCUT2D eigenvalue weighted by Gasteiger charge is -2.12. The largest absolute Gasteiger partial charge is 0.493 e. The minimum atomic E-state index is -0.197. The predicted octanol–water partition coefficient (Wildman–Crippen LogP) is 4.93. The maximum atomic E-state index is 12.2. The van der Waals surface area contributed by atoms with E-state index in [-0.39, 0.29) is 17.8 Å². The molecule has 8 nitrogen and oxygen atoms in total. The lowest BCUT2D eigenvalue weighted by atomic mass is 10.2. The van der Waals surface area contributed by atoms with Crippen LogP contribution in [0.4, 0.5) is 6.01 Å². The normalized spacial score (nSPS) is 10.6. The second-order valence-corrected chi connectivity index (χ2v) is 7.89. The summed E-state index contributed by atoms with van der Waals surface area (Å²) >= 11 is 7.54. The van der Waals surface area contributed by atoms with Crippen molar-refractivity contribution >= 4 is 35.3 Å². The number of halogens is 1. The Hall–Kier alpha value is -2.91. The quantitative estimate of drug-likeness (QED) is 0.334. The van der Waals surface area contributed by atoms with Crippen molar-refractivity contribution < 1.29 is 23.4 Å². The van der Waals surface area contributed by atoms with E-state index in [9.17, 15) is 4.79 Å². The summed E-state index contributed by atoms with van der Waals surface area (Å²) in [6.07, 6.45) is 1.04. The molecule has 1 aromatic heterocycles. The van der Waals surface area contributed by atoms with Gasteiger partial charge in [0.15, 0.2) is 11.5 Å². The highest BCUT2D eigenvalue weighted by molar-refractivity contribution is 7.99. The van der Waals surface area contributed by atoms with Crippen LogP contribution in [0.3, 0.4) is 0 Å². The number of amides is 1. The summed E-state index contributed by atoms with van der Waals surface area (Å²) in [6, 6.07) is 11.0. The van der Waals surface area contributed by atoms with E-state index in [1.165, 1.54) is 21.3 Å². The molecule has 3 rings (SSSR count). The maximum absolute atomic E-state index is 12.2. The third-order valence-electron chi connectivity index (χ3n) is 4.21. The second kappa shape index (κ2) is 10.9. The van der Waals surface area contributed by atoms with Crippen molar-refractivity contribution in [2.24, 2.45) is 0 Å². The molecular formula is C21H22ClN3O5S. The van der Waals surface area contributed by atoms with Crippen LogP contribution in [0.25, 0.3) is 11.5 Å². The van der Waals surface area contributed by atoms with Gasteiger partial charge in [0.05, 0.1) is 21.3 Å². The molecule has 0 fully saturated rings. The molecule has 0 saturated carbocycles. The van der Waals surface area contributed by atoms with Gasteiger partial charge in [-0.2, -0.15) is 0 Å². The molecule has 0 aliphatic carbocycles. The fraction of sp³-hybridized carbons (Fsp3) is 0.286. The summed E-state index contributed by atoms with van der Waals surface area (Å²) in [5, 5.41) is 11.2. The van der Waals surface area contributed by atoms with Crippen LogP contribution < -0.4 is 19.5 Å². The minimum absolute atomic E-state index is 0.0270. The Morgan fingerprint density at radius 2 is 1.74 bits per heavy atom. The number of nitrogens with zero attached hydrogens (tertiary/aromatic N) is 2. The average Bonchev–Trinajstić information content (AvgIpc) is 3.25. The Kier molecular flexibility index (Phi) is 8.02. The van der Waals surface area contributed by atoms with Crippen molar-refractivity contribution in [2.75, 3.05) is 32.4 Å². The van der Waals surface area contributed by atoms with Crippen LogP contribution in [0.1, 0.15) is 12.8 Å². The van der Waals surface area contributed by atoms with Crippen molar-refractivity contribution in [3.63, 3.8) is 0 Å². The van der Waals surface area contributed by atoms with Gasteiger partial charge >= 0.3 is 6.01 Å². The van der Waals surface area contributed by atoms with Crippen LogP contribution in [0.2, 0.25) is 5.02 Å². The zero-order valence-corrected chi connectivity index (χ0v) is 18.9. The number of hydrogen-bond acceptors (Lipinski definition) is 8. The van der Waals surface area contributed by atoms with Gasteiger partial charge in [-0.15, -0.1) is 16.9 Å². The molecule has 164 valence electrons. The second-order valence-electron chi connectivity index (χ2n) is 6.28. The fourth-order valence-electron chi connectivity index (χ4n) is 2.73. The van der Waals surface area contributed by atoms with Crippen LogP contribution >= 0.6 is 23.4 Å². The lowest BCUT2D eigenvalue weighted by Crippen LogP contribution is -2.11.